The van der Waals surface area contributed by atoms with E-state index in [0.717, 1.165) is 23.3 Å². The van der Waals surface area contributed by atoms with Crippen molar-refractivity contribution in [1.82, 2.24) is 5.32 Å². The van der Waals surface area contributed by atoms with E-state index in [1.54, 1.807) is 6.07 Å². The van der Waals surface area contributed by atoms with Crippen molar-refractivity contribution in [2.45, 2.75) is 33.2 Å². The second-order valence-electron chi connectivity index (χ2n) is 5.79. The first-order chi connectivity index (χ1) is 9.79. The highest BCUT2D eigenvalue weighted by atomic mass is 35.5. The average molecular weight is 312 g/mol. The summed E-state index contributed by atoms with van der Waals surface area (Å²) in [7, 11) is 0. The number of ether oxygens (including phenoxy) is 1. The summed E-state index contributed by atoms with van der Waals surface area (Å²) in [6.07, 6.45) is 0.731. The summed E-state index contributed by atoms with van der Waals surface area (Å²) in [6.45, 7) is 3.93. The first kappa shape index (κ1) is 15.6. The standard InChI is InChI=1S/C15H18ClNO4/c1-15(2,14(19)20)7-12(18)17-8-10-6-11(16)5-9-3-4-21-13(9)10/h5-6H,3-4,7-8H2,1-2H3,(H,17,18)(H,19,20). The molecular formula is C15H18ClNO4. The highest BCUT2D eigenvalue weighted by molar-refractivity contribution is 6.30. The second-order valence-corrected chi connectivity index (χ2v) is 6.23. The lowest BCUT2D eigenvalue weighted by molar-refractivity contribution is -0.149. The van der Waals surface area contributed by atoms with Gasteiger partial charge in [-0.05, 0) is 31.5 Å². The molecule has 0 bridgehead atoms. The van der Waals surface area contributed by atoms with Crippen LogP contribution >= 0.6 is 11.6 Å². The number of halogens is 1. The Labute approximate surface area is 128 Å². The van der Waals surface area contributed by atoms with Gasteiger partial charge in [-0.15, -0.1) is 0 Å². The number of hydrogen-bond donors (Lipinski definition) is 2. The molecular weight excluding hydrogens is 294 g/mol. The zero-order valence-corrected chi connectivity index (χ0v) is 12.8. The lowest BCUT2D eigenvalue weighted by atomic mass is 9.89. The van der Waals surface area contributed by atoms with Gasteiger partial charge in [0.25, 0.3) is 0 Å². The van der Waals surface area contributed by atoms with Crippen LogP contribution in [0.2, 0.25) is 5.02 Å². The van der Waals surface area contributed by atoms with Crippen molar-refractivity contribution in [3.05, 3.63) is 28.3 Å². The summed E-state index contributed by atoms with van der Waals surface area (Å²) in [5.74, 6) is -0.532. The van der Waals surface area contributed by atoms with E-state index in [9.17, 15) is 9.59 Å². The molecule has 0 saturated heterocycles. The maximum atomic E-state index is 11.9. The Morgan fingerprint density at radius 1 is 1.43 bits per heavy atom. The third-order valence-corrected chi connectivity index (χ3v) is 3.70. The van der Waals surface area contributed by atoms with Crippen LogP contribution in [0.3, 0.4) is 0 Å². The molecule has 2 N–H and O–H groups in total. The molecule has 1 aliphatic rings. The minimum Gasteiger partial charge on any atom is -0.493 e. The SMILES string of the molecule is CC(C)(CC(=O)NCc1cc(Cl)cc2c1OCC2)C(=O)O. The van der Waals surface area contributed by atoms with E-state index >= 15 is 0 Å². The average Bonchev–Trinajstić information content (AvgIpc) is 2.83. The van der Waals surface area contributed by atoms with Gasteiger partial charge in [0.05, 0.1) is 12.0 Å². The quantitative estimate of drug-likeness (QED) is 0.875. The van der Waals surface area contributed by atoms with Gasteiger partial charge in [0, 0.05) is 30.0 Å². The first-order valence-electron chi connectivity index (χ1n) is 6.74. The Hall–Kier alpha value is -1.75. The zero-order chi connectivity index (χ0) is 15.6. The van der Waals surface area contributed by atoms with E-state index in [1.807, 2.05) is 6.07 Å². The van der Waals surface area contributed by atoms with Crippen molar-refractivity contribution < 1.29 is 19.4 Å². The molecule has 1 heterocycles. The highest BCUT2D eigenvalue weighted by Crippen LogP contribution is 2.32. The minimum absolute atomic E-state index is 0.0774. The highest BCUT2D eigenvalue weighted by Gasteiger charge is 2.30. The Morgan fingerprint density at radius 3 is 2.81 bits per heavy atom. The molecule has 6 heteroatoms. The third-order valence-electron chi connectivity index (χ3n) is 3.48. The van der Waals surface area contributed by atoms with Crippen LogP contribution < -0.4 is 10.1 Å². The Kier molecular flexibility index (Phi) is 4.42. The normalized spacial score (nSPS) is 13.5. The molecule has 0 aromatic heterocycles. The van der Waals surface area contributed by atoms with Gasteiger partial charge in [0.15, 0.2) is 0 Å². The van der Waals surface area contributed by atoms with Crippen molar-refractivity contribution in [2.75, 3.05) is 6.61 Å². The molecule has 5 nitrogen and oxygen atoms in total. The summed E-state index contributed by atoms with van der Waals surface area (Å²) in [5.41, 5.74) is 0.769. The van der Waals surface area contributed by atoms with Gasteiger partial charge in [0.1, 0.15) is 5.75 Å². The first-order valence-corrected chi connectivity index (χ1v) is 7.11. The summed E-state index contributed by atoms with van der Waals surface area (Å²) in [5, 5.41) is 12.4. The smallest absolute Gasteiger partial charge is 0.309 e. The van der Waals surface area contributed by atoms with Gasteiger partial charge in [-0.25, -0.2) is 0 Å². The number of amides is 1. The van der Waals surface area contributed by atoms with E-state index in [1.165, 1.54) is 13.8 Å². The van der Waals surface area contributed by atoms with Crippen molar-refractivity contribution >= 4 is 23.5 Å². The largest absolute Gasteiger partial charge is 0.493 e. The number of benzene rings is 1. The molecule has 0 radical (unpaired) electrons. The van der Waals surface area contributed by atoms with Crippen molar-refractivity contribution in [3.8, 4) is 5.75 Å². The van der Waals surface area contributed by atoms with Gasteiger partial charge in [-0.2, -0.15) is 0 Å². The van der Waals surface area contributed by atoms with Crippen molar-refractivity contribution in [2.24, 2.45) is 5.41 Å². The summed E-state index contributed by atoms with van der Waals surface area (Å²) in [4.78, 5) is 22.9. The molecule has 0 aliphatic carbocycles. The fourth-order valence-electron chi connectivity index (χ4n) is 2.21. The maximum absolute atomic E-state index is 11.9. The lowest BCUT2D eigenvalue weighted by Crippen LogP contribution is -2.33. The molecule has 1 aromatic carbocycles. The van der Waals surface area contributed by atoms with Gasteiger partial charge in [-0.3, -0.25) is 9.59 Å². The van der Waals surface area contributed by atoms with Crippen LogP contribution in [0.1, 0.15) is 31.4 Å². The van der Waals surface area contributed by atoms with E-state index in [-0.39, 0.29) is 18.9 Å². The molecule has 1 aliphatic heterocycles. The van der Waals surface area contributed by atoms with E-state index in [2.05, 4.69) is 5.32 Å². The van der Waals surface area contributed by atoms with Crippen LogP contribution in [0.4, 0.5) is 0 Å². The molecule has 0 atom stereocenters. The molecule has 0 saturated carbocycles. The van der Waals surface area contributed by atoms with Crippen LogP contribution in [0.15, 0.2) is 12.1 Å². The van der Waals surface area contributed by atoms with Crippen molar-refractivity contribution in [1.29, 1.82) is 0 Å². The summed E-state index contributed by atoms with van der Waals surface area (Å²) in [6, 6.07) is 3.62. The lowest BCUT2D eigenvalue weighted by Gasteiger charge is -2.18. The van der Waals surface area contributed by atoms with Crippen molar-refractivity contribution in [3.63, 3.8) is 0 Å². The van der Waals surface area contributed by atoms with Gasteiger partial charge >= 0.3 is 5.97 Å². The fraction of sp³-hybridized carbons (Fsp3) is 0.467. The molecule has 1 aromatic rings. The Bertz CT molecular complexity index is 583. The molecule has 0 unspecified atom stereocenters. The van der Waals surface area contributed by atoms with Crippen LogP contribution in [-0.2, 0) is 22.6 Å². The number of nitrogens with one attached hydrogen (secondary N) is 1. The third kappa shape index (κ3) is 3.67. The number of carbonyl (C=O) groups is 2. The van der Waals surface area contributed by atoms with E-state index in [0.29, 0.717) is 11.6 Å². The second kappa shape index (κ2) is 5.93. The zero-order valence-electron chi connectivity index (χ0n) is 12.0. The summed E-state index contributed by atoms with van der Waals surface area (Å²) < 4.78 is 5.55. The number of carboxylic acid groups (broad SMARTS) is 1. The molecule has 2 rings (SSSR count). The van der Waals surface area contributed by atoms with Gasteiger partial charge in [0.2, 0.25) is 5.91 Å². The summed E-state index contributed by atoms with van der Waals surface area (Å²) >= 11 is 6.05. The molecule has 0 fully saturated rings. The monoisotopic (exact) mass is 311 g/mol. The number of aliphatic carboxylic acids is 1. The predicted molar refractivity (Wildman–Crippen MR) is 78.5 cm³/mol. The Balaban J connectivity index is 2.01. The topological polar surface area (TPSA) is 75.6 Å². The fourth-order valence-corrected chi connectivity index (χ4v) is 2.47. The number of fused-ring (bicyclic) bond motifs is 1. The number of rotatable bonds is 5. The number of carboxylic acids is 1. The van der Waals surface area contributed by atoms with Gasteiger partial charge in [-0.1, -0.05) is 11.6 Å². The predicted octanol–water partition coefficient (Wildman–Crippen LogP) is 2.39. The molecule has 0 spiro atoms. The number of carbonyl (C=O) groups excluding carboxylic acids is 1. The number of hydrogen-bond acceptors (Lipinski definition) is 3. The maximum Gasteiger partial charge on any atom is 0.309 e. The van der Waals surface area contributed by atoms with Crippen LogP contribution in [0.25, 0.3) is 0 Å². The Morgan fingerprint density at radius 2 is 2.14 bits per heavy atom. The molecule has 1 amide bonds. The van der Waals surface area contributed by atoms with Crippen LogP contribution in [0.5, 0.6) is 5.75 Å². The molecule has 114 valence electrons. The molecule has 21 heavy (non-hydrogen) atoms. The minimum atomic E-state index is -1.09. The van der Waals surface area contributed by atoms with Crippen LogP contribution in [0, 0.1) is 5.41 Å². The van der Waals surface area contributed by atoms with Crippen LogP contribution in [-0.4, -0.2) is 23.6 Å². The van der Waals surface area contributed by atoms with Gasteiger partial charge < -0.3 is 15.2 Å². The van der Waals surface area contributed by atoms with E-state index in [4.69, 9.17) is 21.4 Å². The van der Waals surface area contributed by atoms with E-state index < -0.39 is 11.4 Å².